The zero-order valence-electron chi connectivity index (χ0n) is 8.42. The first-order valence-corrected chi connectivity index (χ1v) is 5.40. The van der Waals surface area contributed by atoms with Crippen LogP contribution in [0, 0.1) is 0 Å². The standard InChI is InChI=1S/C12H15ClO/c1-2-3-4-6-10-7-5-8-11(9-10)12(13)14/h5,7-9H,2-4,6H2,1H3. The second-order valence-corrected chi connectivity index (χ2v) is 3.77. The summed E-state index contributed by atoms with van der Waals surface area (Å²) in [5.41, 5.74) is 1.80. The lowest BCUT2D eigenvalue weighted by Crippen LogP contribution is -1.91. The molecule has 0 saturated heterocycles. The van der Waals surface area contributed by atoms with E-state index in [1.165, 1.54) is 24.8 Å². The van der Waals surface area contributed by atoms with Gasteiger partial charge in [0.25, 0.3) is 5.24 Å². The molecule has 76 valence electrons. The molecule has 2 heteroatoms. The van der Waals surface area contributed by atoms with E-state index in [-0.39, 0.29) is 5.24 Å². The van der Waals surface area contributed by atoms with E-state index in [1.807, 2.05) is 18.2 Å². The van der Waals surface area contributed by atoms with Gasteiger partial charge in [-0.25, -0.2) is 0 Å². The fourth-order valence-electron chi connectivity index (χ4n) is 1.43. The highest BCUT2D eigenvalue weighted by Crippen LogP contribution is 2.11. The molecule has 1 nitrogen and oxygen atoms in total. The molecule has 0 radical (unpaired) electrons. The van der Waals surface area contributed by atoms with Gasteiger partial charge in [-0.3, -0.25) is 4.79 Å². The van der Waals surface area contributed by atoms with Crippen LogP contribution in [-0.4, -0.2) is 5.24 Å². The van der Waals surface area contributed by atoms with Gasteiger partial charge in [0.2, 0.25) is 0 Å². The second-order valence-electron chi connectivity index (χ2n) is 3.43. The molecule has 14 heavy (non-hydrogen) atoms. The third-order valence-electron chi connectivity index (χ3n) is 2.22. The van der Waals surface area contributed by atoms with Gasteiger partial charge in [-0.15, -0.1) is 0 Å². The molecule has 0 aliphatic rings. The summed E-state index contributed by atoms with van der Waals surface area (Å²) in [4.78, 5) is 10.9. The molecule has 0 atom stereocenters. The lowest BCUT2D eigenvalue weighted by molar-refractivity contribution is 0.108. The van der Waals surface area contributed by atoms with Crippen molar-refractivity contribution < 1.29 is 4.79 Å². The van der Waals surface area contributed by atoms with Crippen LogP contribution in [0.2, 0.25) is 0 Å². The first kappa shape index (κ1) is 11.3. The molecule has 0 N–H and O–H groups in total. The first-order chi connectivity index (χ1) is 6.74. The second kappa shape index (κ2) is 5.82. The van der Waals surface area contributed by atoms with E-state index >= 15 is 0 Å². The molecule has 0 aliphatic heterocycles. The van der Waals surface area contributed by atoms with Crippen LogP contribution in [0.25, 0.3) is 0 Å². The van der Waals surface area contributed by atoms with E-state index in [0.717, 1.165) is 6.42 Å². The van der Waals surface area contributed by atoms with E-state index in [4.69, 9.17) is 11.6 Å². The molecule has 0 heterocycles. The van der Waals surface area contributed by atoms with Crippen molar-refractivity contribution in [2.75, 3.05) is 0 Å². The van der Waals surface area contributed by atoms with Crippen LogP contribution >= 0.6 is 11.6 Å². The summed E-state index contributed by atoms with van der Waals surface area (Å²) in [6.07, 6.45) is 4.66. The number of halogens is 1. The van der Waals surface area contributed by atoms with Gasteiger partial charge in [-0.2, -0.15) is 0 Å². The van der Waals surface area contributed by atoms with E-state index in [0.29, 0.717) is 5.56 Å². The van der Waals surface area contributed by atoms with Gasteiger partial charge >= 0.3 is 0 Å². The van der Waals surface area contributed by atoms with E-state index in [2.05, 4.69) is 6.92 Å². The average molecular weight is 211 g/mol. The van der Waals surface area contributed by atoms with Crippen LogP contribution in [0.15, 0.2) is 24.3 Å². The van der Waals surface area contributed by atoms with Gasteiger partial charge in [-0.1, -0.05) is 38.0 Å². The predicted octanol–water partition coefficient (Wildman–Crippen LogP) is 3.80. The maximum atomic E-state index is 10.9. The van der Waals surface area contributed by atoms with Gasteiger partial charge in [0, 0.05) is 5.56 Å². The number of rotatable bonds is 5. The number of unbranched alkanes of at least 4 members (excludes halogenated alkanes) is 2. The molecule has 0 bridgehead atoms. The maximum Gasteiger partial charge on any atom is 0.252 e. The number of carbonyl (C=O) groups excluding carboxylic acids is 1. The number of carbonyl (C=O) groups is 1. The molecule has 0 aliphatic carbocycles. The summed E-state index contributed by atoms with van der Waals surface area (Å²) < 4.78 is 0. The fourth-order valence-corrected chi connectivity index (χ4v) is 1.55. The van der Waals surface area contributed by atoms with Crippen molar-refractivity contribution in [2.45, 2.75) is 32.6 Å². The Morgan fingerprint density at radius 3 is 2.79 bits per heavy atom. The van der Waals surface area contributed by atoms with Gasteiger partial charge in [0.05, 0.1) is 0 Å². The number of hydrogen-bond donors (Lipinski definition) is 0. The SMILES string of the molecule is CCCCCc1cccc(C(=O)Cl)c1. The molecule has 0 fully saturated rings. The summed E-state index contributed by atoms with van der Waals surface area (Å²) in [5.74, 6) is 0. The normalized spacial score (nSPS) is 10.1. The molecule has 0 spiro atoms. The number of aryl methyl sites for hydroxylation is 1. The Balaban J connectivity index is 2.59. The lowest BCUT2D eigenvalue weighted by Gasteiger charge is -2.01. The zero-order chi connectivity index (χ0) is 10.4. The Morgan fingerprint density at radius 2 is 2.14 bits per heavy atom. The molecule has 0 saturated carbocycles. The van der Waals surface area contributed by atoms with E-state index < -0.39 is 0 Å². The maximum absolute atomic E-state index is 10.9. The summed E-state index contributed by atoms with van der Waals surface area (Å²) in [6, 6.07) is 7.56. The topological polar surface area (TPSA) is 17.1 Å². The van der Waals surface area contributed by atoms with Crippen molar-refractivity contribution in [2.24, 2.45) is 0 Å². The van der Waals surface area contributed by atoms with Crippen LogP contribution in [0.5, 0.6) is 0 Å². The highest BCUT2D eigenvalue weighted by Gasteiger charge is 2.01. The first-order valence-electron chi connectivity index (χ1n) is 5.03. The molecule has 1 rings (SSSR count). The molecule has 1 aromatic rings. The Labute approximate surface area is 90.1 Å². The van der Waals surface area contributed by atoms with Crippen molar-refractivity contribution in [3.8, 4) is 0 Å². The summed E-state index contributed by atoms with van der Waals surface area (Å²) in [5, 5.41) is -0.373. The zero-order valence-corrected chi connectivity index (χ0v) is 9.18. The van der Waals surface area contributed by atoms with Crippen molar-refractivity contribution >= 4 is 16.8 Å². The predicted molar refractivity (Wildman–Crippen MR) is 59.9 cm³/mol. The third-order valence-corrected chi connectivity index (χ3v) is 2.44. The molecule has 0 unspecified atom stereocenters. The average Bonchev–Trinajstić information content (AvgIpc) is 2.19. The summed E-state index contributed by atoms with van der Waals surface area (Å²) in [7, 11) is 0. The van der Waals surface area contributed by atoms with Crippen LogP contribution < -0.4 is 0 Å². The van der Waals surface area contributed by atoms with Crippen molar-refractivity contribution in [3.05, 3.63) is 35.4 Å². The molecule has 0 aromatic heterocycles. The van der Waals surface area contributed by atoms with Gasteiger partial charge < -0.3 is 0 Å². The Kier molecular flexibility index (Phi) is 4.68. The van der Waals surface area contributed by atoms with Crippen LogP contribution in [0.4, 0.5) is 0 Å². The van der Waals surface area contributed by atoms with E-state index in [9.17, 15) is 4.79 Å². The van der Waals surface area contributed by atoms with Crippen molar-refractivity contribution in [1.29, 1.82) is 0 Å². The Hall–Kier alpha value is -0.820. The van der Waals surface area contributed by atoms with Gasteiger partial charge in [-0.05, 0) is 36.1 Å². The molecule has 0 amide bonds. The smallest absolute Gasteiger partial charge is 0.252 e. The molecular formula is C12H15ClO. The lowest BCUT2D eigenvalue weighted by atomic mass is 10.1. The van der Waals surface area contributed by atoms with Crippen LogP contribution in [-0.2, 0) is 6.42 Å². The van der Waals surface area contributed by atoms with Crippen molar-refractivity contribution in [1.82, 2.24) is 0 Å². The minimum absolute atomic E-state index is 0.373. The molecular weight excluding hydrogens is 196 g/mol. The Bertz CT molecular complexity index is 307. The monoisotopic (exact) mass is 210 g/mol. The summed E-state index contributed by atoms with van der Waals surface area (Å²) in [6.45, 7) is 2.18. The number of hydrogen-bond acceptors (Lipinski definition) is 1. The summed E-state index contributed by atoms with van der Waals surface area (Å²) >= 11 is 5.40. The highest BCUT2D eigenvalue weighted by atomic mass is 35.5. The third kappa shape index (κ3) is 3.51. The molecule has 1 aromatic carbocycles. The van der Waals surface area contributed by atoms with Crippen molar-refractivity contribution in [3.63, 3.8) is 0 Å². The van der Waals surface area contributed by atoms with Gasteiger partial charge in [0.15, 0.2) is 0 Å². The quantitative estimate of drug-likeness (QED) is 0.534. The largest absolute Gasteiger partial charge is 0.276 e. The fraction of sp³-hybridized carbons (Fsp3) is 0.417. The van der Waals surface area contributed by atoms with Crippen LogP contribution in [0.1, 0.15) is 42.1 Å². The highest BCUT2D eigenvalue weighted by molar-refractivity contribution is 6.67. The minimum atomic E-state index is -0.373. The van der Waals surface area contributed by atoms with Gasteiger partial charge in [0.1, 0.15) is 0 Å². The Morgan fingerprint density at radius 1 is 1.36 bits per heavy atom. The minimum Gasteiger partial charge on any atom is -0.276 e. The number of benzene rings is 1. The van der Waals surface area contributed by atoms with E-state index in [1.54, 1.807) is 6.07 Å². The van der Waals surface area contributed by atoms with Crippen LogP contribution in [0.3, 0.4) is 0 Å².